The van der Waals surface area contributed by atoms with E-state index >= 15 is 0 Å². The van der Waals surface area contributed by atoms with Crippen LogP contribution in [0, 0.1) is 12.7 Å². The fraction of sp³-hybridized carbons (Fsp3) is 0.286. The van der Waals surface area contributed by atoms with Gasteiger partial charge in [0.25, 0.3) is 0 Å². The van der Waals surface area contributed by atoms with Crippen LogP contribution in [-0.4, -0.2) is 9.97 Å². The van der Waals surface area contributed by atoms with E-state index in [0.29, 0.717) is 32.6 Å². The lowest BCUT2D eigenvalue weighted by Gasteiger charge is -2.12. The Hall–Kier alpha value is -1.20. The van der Waals surface area contributed by atoms with Crippen LogP contribution in [0.15, 0.2) is 22.7 Å². The number of hydrogen-bond donors (Lipinski definition) is 0. The quantitative estimate of drug-likeness (QED) is 0.702. The molecular formula is C14H13BrClFN2O. The Bertz CT molecular complexity index is 629. The first-order valence-corrected chi connectivity index (χ1v) is 7.22. The summed E-state index contributed by atoms with van der Waals surface area (Å²) in [5, 5.41) is 0.342. The Labute approximate surface area is 130 Å². The molecular weight excluding hydrogens is 347 g/mol. The van der Waals surface area contributed by atoms with Crippen LogP contribution in [0.1, 0.15) is 31.2 Å². The molecule has 0 unspecified atom stereocenters. The fourth-order valence-corrected chi connectivity index (χ4v) is 2.15. The lowest BCUT2D eigenvalue weighted by Crippen LogP contribution is -2.02. The molecule has 2 rings (SSSR count). The average Bonchev–Trinajstić information content (AvgIpc) is 2.33. The van der Waals surface area contributed by atoms with Gasteiger partial charge in [-0.1, -0.05) is 41.4 Å². The van der Waals surface area contributed by atoms with E-state index in [-0.39, 0.29) is 5.92 Å². The third-order valence-electron chi connectivity index (χ3n) is 2.63. The van der Waals surface area contributed by atoms with Gasteiger partial charge in [-0.25, -0.2) is 9.37 Å². The zero-order valence-corrected chi connectivity index (χ0v) is 13.6. The lowest BCUT2D eigenvalue weighted by atomic mass is 10.2. The van der Waals surface area contributed by atoms with Crippen molar-refractivity contribution in [3.05, 3.63) is 45.0 Å². The number of hydrogen-bond acceptors (Lipinski definition) is 3. The van der Waals surface area contributed by atoms with E-state index in [0.717, 1.165) is 0 Å². The van der Waals surface area contributed by atoms with Crippen molar-refractivity contribution in [1.29, 1.82) is 0 Å². The second kappa shape index (κ2) is 6.06. The van der Waals surface area contributed by atoms with Gasteiger partial charge < -0.3 is 4.74 Å². The minimum atomic E-state index is -0.392. The second-order valence-corrected chi connectivity index (χ2v) is 5.94. The van der Waals surface area contributed by atoms with Gasteiger partial charge in [-0.15, -0.1) is 0 Å². The third kappa shape index (κ3) is 3.46. The fourth-order valence-electron chi connectivity index (χ4n) is 1.54. The van der Waals surface area contributed by atoms with Crippen LogP contribution in [0.2, 0.25) is 5.15 Å². The number of aromatic nitrogens is 2. The van der Waals surface area contributed by atoms with E-state index < -0.39 is 5.82 Å². The van der Waals surface area contributed by atoms with E-state index in [2.05, 4.69) is 25.9 Å². The Morgan fingerprint density at radius 3 is 2.55 bits per heavy atom. The highest BCUT2D eigenvalue weighted by molar-refractivity contribution is 9.10. The molecule has 106 valence electrons. The van der Waals surface area contributed by atoms with Crippen LogP contribution in [-0.2, 0) is 0 Å². The number of ether oxygens (including phenoxy) is 1. The summed E-state index contributed by atoms with van der Waals surface area (Å²) in [5.41, 5.74) is 0.622. The molecule has 1 aromatic heterocycles. The first-order chi connectivity index (χ1) is 9.36. The summed E-state index contributed by atoms with van der Waals surface area (Å²) in [4.78, 5) is 8.53. The summed E-state index contributed by atoms with van der Waals surface area (Å²) in [6, 6.07) is 4.30. The summed E-state index contributed by atoms with van der Waals surface area (Å²) in [6.07, 6.45) is 0. The van der Waals surface area contributed by atoms with Crippen molar-refractivity contribution in [2.75, 3.05) is 0 Å². The van der Waals surface area contributed by atoms with Gasteiger partial charge in [-0.2, -0.15) is 4.98 Å². The van der Waals surface area contributed by atoms with E-state index in [4.69, 9.17) is 16.3 Å². The Morgan fingerprint density at radius 2 is 1.95 bits per heavy atom. The first kappa shape index (κ1) is 15.2. The highest BCUT2D eigenvalue weighted by Crippen LogP contribution is 2.30. The molecule has 0 aliphatic heterocycles. The van der Waals surface area contributed by atoms with Crippen LogP contribution >= 0.6 is 27.5 Å². The first-order valence-electron chi connectivity index (χ1n) is 6.05. The van der Waals surface area contributed by atoms with Crippen molar-refractivity contribution >= 4 is 27.5 Å². The number of benzene rings is 1. The molecule has 0 aliphatic carbocycles. The standard InChI is InChI=1S/C14H13BrClFN2O/c1-7(2)13-18-12(16)8(3)14(19-13)20-11-5-9(15)4-10(17)6-11/h4-7H,1-3H3. The maximum Gasteiger partial charge on any atom is 0.227 e. The van der Waals surface area contributed by atoms with Crippen LogP contribution < -0.4 is 4.74 Å². The Morgan fingerprint density at radius 1 is 1.25 bits per heavy atom. The third-order valence-corrected chi connectivity index (χ3v) is 3.45. The van der Waals surface area contributed by atoms with E-state index in [9.17, 15) is 4.39 Å². The highest BCUT2D eigenvalue weighted by atomic mass is 79.9. The number of halogens is 3. The minimum Gasteiger partial charge on any atom is -0.438 e. The topological polar surface area (TPSA) is 35.0 Å². The molecule has 0 radical (unpaired) electrons. The van der Waals surface area contributed by atoms with Crippen molar-refractivity contribution in [2.24, 2.45) is 0 Å². The van der Waals surface area contributed by atoms with Crippen LogP contribution in [0.4, 0.5) is 4.39 Å². The maximum absolute atomic E-state index is 13.3. The molecule has 0 amide bonds. The van der Waals surface area contributed by atoms with Crippen molar-refractivity contribution in [3.63, 3.8) is 0 Å². The molecule has 1 heterocycles. The summed E-state index contributed by atoms with van der Waals surface area (Å²) >= 11 is 9.30. The van der Waals surface area contributed by atoms with E-state index in [1.807, 2.05) is 13.8 Å². The predicted octanol–water partition coefficient (Wildman–Crippen LogP) is 5.26. The van der Waals surface area contributed by atoms with Gasteiger partial charge in [0.1, 0.15) is 22.5 Å². The van der Waals surface area contributed by atoms with Crippen LogP contribution in [0.5, 0.6) is 11.6 Å². The molecule has 0 bridgehead atoms. The monoisotopic (exact) mass is 358 g/mol. The molecule has 0 saturated carbocycles. The highest BCUT2D eigenvalue weighted by Gasteiger charge is 2.14. The number of rotatable bonds is 3. The van der Waals surface area contributed by atoms with Crippen molar-refractivity contribution in [2.45, 2.75) is 26.7 Å². The van der Waals surface area contributed by atoms with Gasteiger partial charge in [0.2, 0.25) is 5.88 Å². The zero-order chi connectivity index (χ0) is 14.9. The second-order valence-electron chi connectivity index (χ2n) is 4.66. The summed E-state index contributed by atoms with van der Waals surface area (Å²) in [6.45, 7) is 5.68. The maximum atomic E-state index is 13.3. The van der Waals surface area contributed by atoms with E-state index in [1.165, 1.54) is 12.1 Å². The molecule has 0 fully saturated rings. The predicted molar refractivity (Wildman–Crippen MR) is 80.0 cm³/mol. The van der Waals surface area contributed by atoms with E-state index in [1.54, 1.807) is 13.0 Å². The Kier molecular flexibility index (Phi) is 4.60. The average molecular weight is 360 g/mol. The molecule has 0 N–H and O–H groups in total. The van der Waals surface area contributed by atoms with Gasteiger partial charge in [0.05, 0.1) is 0 Å². The normalized spacial score (nSPS) is 10.9. The zero-order valence-electron chi connectivity index (χ0n) is 11.2. The van der Waals surface area contributed by atoms with Crippen molar-refractivity contribution < 1.29 is 9.13 Å². The molecule has 6 heteroatoms. The van der Waals surface area contributed by atoms with Gasteiger partial charge in [-0.3, -0.25) is 0 Å². The molecule has 20 heavy (non-hydrogen) atoms. The molecule has 3 nitrogen and oxygen atoms in total. The molecule has 0 aliphatic rings. The largest absolute Gasteiger partial charge is 0.438 e. The minimum absolute atomic E-state index is 0.120. The van der Waals surface area contributed by atoms with Crippen LogP contribution in [0.25, 0.3) is 0 Å². The molecule has 0 atom stereocenters. The molecule has 1 aromatic carbocycles. The lowest BCUT2D eigenvalue weighted by molar-refractivity contribution is 0.448. The van der Waals surface area contributed by atoms with Gasteiger partial charge in [0.15, 0.2) is 0 Å². The summed E-state index contributed by atoms with van der Waals surface area (Å²) in [5.74, 6) is 1.01. The SMILES string of the molecule is Cc1c(Cl)nc(C(C)C)nc1Oc1cc(F)cc(Br)c1. The van der Waals surface area contributed by atoms with Crippen molar-refractivity contribution in [1.82, 2.24) is 9.97 Å². The van der Waals surface area contributed by atoms with Crippen LogP contribution in [0.3, 0.4) is 0 Å². The summed E-state index contributed by atoms with van der Waals surface area (Å²) < 4.78 is 19.6. The summed E-state index contributed by atoms with van der Waals surface area (Å²) in [7, 11) is 0. The Balaban J connectivity index is 2.42. The van der Waals surface area contributed by atoms with Crippen molar-refractivity contribution in [3.8, 4) is 11.6 Å². The van der Waals surface area contributed by atoms with Gasteiger partial charge >= 0.3 is 0 Å². The molecule has 0 spiro atoms. The van der Waals surface area contributed by atoms with Gasteiger partial charge in [0, 0.05) is 22.0 Å². The molecule has 0 saturated heterocycles. The smallest absolute Gasteiger partial charge is 0.227 e. The number of nitrogens with zero attached hydrogens (tertiary/aromatic N) is 2. The van der Waals surface area contributed by atoms with Gasteiger partial charge in [-0.05, 0) is 19.1 Å². The molecule has 2 aromatic rings.